The molecule has 0 aliphatic rings. The molecule has 5 heteroatoms. The highest BCUT2D eigenvalue weighted by molar-refractivity contribution is 7.26. The van der Waals surface area contributed by atoms with Crippen LogP contribution in [-0.4, -0.2) is 19.5 Å². The average molecular weight is 783 g/mol. The van der Waals surface area contributed by atoms with Crippen LogP contribution in [0.1, 0.15) is 0 Å². The Morgan fingerprint density at radius 2 is 0.950 bits per heavy atom. The fourth-order valence-electron chi connectivity index (χ4n) is 8.76. The number of para-hydroxylation sites is 2. The van der Waals surface area contributed by atoms with Gasteiger partial charge in [-0.15, -0.1) is 11.3 Å². The zero-order chi connectivity index (χ0) is 39.6. The van der Waals surface area contributed by atoms with Gasteiger partial charge in [-0.25, -0.2) is 15.0 Å². The summed E-state index contributed by atoms with van der Waals surface area (Å²) in [5.41, 5.74) is 13.6. The summed E-state index contributed by atoms with van der Waals surface area (Å²) in [6, 6.07) is 73.0. The molecule has 4 heterocycles. The topological polar surface area (TPSA) is 43.6 Å². The van der Waals surface area contributed by atoms with Gasteiger partial charge >= 0.3 is 0 Å². The van der Waals surface area contributed by atoms with Gasteiger partial charge < -0.3 is 4.57 Å². The van der Waals surface area contributed by atoms with E-state index in [1.54, 1.807) is 0 Å². The maximum absolute atomic E-state index is 5.34. The van der Waals surface area contributed by atoms with Crippen LogP contribution in [0.4, 0.5) is 0 Å². The summed E-state index contributed by atoms with van der Waals surface area (Å²) < 4.78 is 4.85. The summed E-state index contributed by atoms with van der Waals surface area (Å²) in [6.45, 7) is 0. The maximum Gasteiger partial charge on any atom is 0.160 e. The number of thiophene rings is 1. The second kappa shape index (κ2) is 14.0. The second-order valence-electron chi connectivity index (χ2n) is 15.2. The Bertz CT molecular complexity index is 3530. The molecule has 0 atom stereocenters. The first kappa shape index (κ1) is 34.3. The van der Waals surface area contributed by atoms with E-state index in [0.29, 0.717) is 5.82 Å². The molecule has 0 saturated carbocycles. The lowest BCUT2D eigenvalue weighted by Gasteiger charge is -2.12. The molecule has 280 valence electrons. The Morgan fingerprint density at radius 1 is 0.367 bits per heavy atom. The second-order valence-corrected chi connectivity index (χ2v) is 16.2. The van der Waals surface area contributed by atoms with Crippen molar-refractivity contribution in [2.24, 2.45) is 0 Å². The van der Waals surface area contributed by atoms with Crippen molar-refractivity contribution in [2.75, 3.05) is 0 Å². The zero-order valence-corrected chi connectivity index (χ0v) is 33.1. The van der Waals surface area contributed by atoms with Gasteiger partial charge in [-0.05, 0) is 53.6 Å². The van der Waals surface area contributed by atoms with E-state index < -0.39 is 0 Å². The van der Waals surface area contributed by atoms with Crippen LogP contribution >= 0.6 is 11.3 Å². The van der Waals surface area contributed by atoms with Crippen LogP contribution in [0.2, 0.25) is 0 Å². The van der Waals surface area contributed by atoms with Gasteiger partial charge in [0.1, 0.15) is 0 Å². The molecule has 4 aromatic heterocycles. The smallest absolute Gasteiger partial charge is 0.160 e. The van der Waals surface area contributed by atoms with E-state index in [2.05, 4.69) is 205 Å². The SMILES string of the molecule is c1ccc(-c2cc(-c3cccc(-n4c5ccccc5c5ccccc54)c3)nc(-c3ccc(-c4ccc5c(c4)nc(-c4ccccc4)c4sc6ccccc6c45)cc3)n2)cc1. The Kier molecular flexibility index (Phi) is 8.00. The lowest BCUT2D eigenvalue weighted by atomic mass is 9.98. The van der Waals surface area contributed by atoms with Crippen LogP contribution in [0.15, 0.2) is 206 Å². The van der Waals surface area contributed by atoms with Gasteiger partial charge in [0.25, 0.3) is 0 Å². The molecule has 0 unspecified atom stereocenters. The highest BCUT2D eigenvalue weighted by Gasteiger charge is 2.18. The average Bonchev–Trinajstić information content (AvgIpc) is 3.88. The van der Waals surface area contributed by atoms with Crippen LogP contribution in [0, 0.1) is 0 Å². The lowest BCUT2D eigenvalue weighted by Crippen LogP contribution is -1.98. The van der Waals surface area contributed by atoms with E-state index in [1.807, 2.05) is 17.4 Å². The third kappa shape index (κ3) is 5.70. The van der Waals surface area contributed by atoms with Crippen LogP contribution in [0.5, 0.6) is 0 Å². The third-order valence-corrected chi connectivity index (χ3v) is 12.8. The zero-order valence-electron chi connectivity index (χ0n) is 32.3. The number of hydrogen-bond acceptors (Lipinski definition) is 4. The van der Waals surface area contributed by atoms with Gasteiger partial charge in [0.05, 0.1) is 38.3 Å². The summed E-state index contributed by atoms with van der Waals surface area (Å²) in [5, 5.41) is 6.19. The molecular formula is C55H34N4S. The number of hydrogen-bond donors (Lipinski definition) is 0. The molecule has 12 rings (SSSR count). The predicted molar refractivity (Wildman–Crippen MR) is 252 cm³/mol. The standard InChI is InChI=1S/C55H34N4S/c1-3-14-36(15-4-1)46-34-47(40-18-13-19-41(32-40)59-49-23-10-7-20-42(49)43-21-8-11-24-50(43)59)58-55(57-46)38-28-26-35(27-29-38)39-30-31-44-48(33-39)56-53(37-16-5-2-6-17-37)54-52(44)45-22-9-12-25-51(45)60-54/h1-34H. The van der Waals surface area contributed by atoms with Crippen molar-refractivity contribution >= 4 is 64.2 Å². The van der Waals surface area contributed by atoms with Crippen LogP contribution in [-0.2, 0) is 0 Å². The van der Waals surface area contributed by atoms with Crippen LogP contribution in [0.25, 0.3) is 115 Å². The van der Waals surface area contributed by atoms with Crippen molar-refractivity contribution in [3.8, 4) is 62.0 Å². The lowest BCUT2D eigenvalue weighted by molar-refractivity contribution is 1.16. The number of rotatable bonds is 6. The molecule has 0 spiro atoms. The Morgan fingerprint density at radius 3 is 1.68 bits per heavy atom. The molecule has 0 aliphatic carbocycles. The molecule has 4 nitrogen and oxygen atoms in total. The molecule has 0 aliphatic heterocycles. The molecule has 0 fully saturated rings. The van der Waals surface area contributed by atoms with Gasteiger partial charge in [-0.2, -0.15) is 0 Å². The molecule has 0 radical (unpaired) electrons. The fraction of sp³-hybridized carbons (Fsp3) is 0. The quantitative estimate of drug-likeness (QED) is 0.169. The molecule has 12 aromatic rings. The number of fused-ring (bicyclic) bond motifs is 8. The van der Waals surface area contributed by atoms with Gasteiger partial charge in [-0.1, -0.05) is 164 Å². The first-order valence-corrected chi connectivity index (χ1v) is 21.0. The van der Waals surface area contributed by atoms with E-state index in [-0.39, 0.29) is 0 Å². The molecule has 60 heavy (non-hydrogen) atoms. The minimum Gasteiger partial charge on any atom is -0.309 e. The van der Waals surface area contributed by atoms with Crippen molar-refractivity contribution in [2.45, 2.75) is 0 Å². The van der Waals surface area contributed by atoms with Crippen molar-refractivity contribution in [1.29, 1.82) is 0 Å². The number of aromatic nitrogens is 4. The minimum atomic E-state index is 0.680. The van der Waals surface area contributed by atoms with Gasteiger partial charge in [0.15, 0.2) is 5.82 Å². The van der Waals surface area contributed by atoms with Crippen LogP contribution < -0.4 is 0 Å². The highest BCUT2D eigenvalue weighted by Crippen LogP contribution is 2.43. The fourth-order valence-corrected chi connectivity index (χ4v) is 9.98. The minimum absolute atomic E-state index is 0.680. The van der Waals surface area contributed by atoms with Gasteiger partial charge in [0.2, 0.25) is 0 Å². The Balaban J connectivity index is 0.958. The van der Waals surface area contributed by atoms with E-state index in [0.717, 1.165) is 61.7 Å². The molecule has 0 bridgehead atoms. The summed E-state index contributed by atoms with van der Waals surface area (Å²) in [4.78, 5) is 15.7. The summed E-state index contributed by atoms with van der Waals surface area (Å²) in [6.07, 6.45) is 0. The van der Waals surface area contributed by atoms with Crippen LogP contribution in [0.3, 0.4) is 0 Å². The summed E-state index contributed by atoms with van der Waals surface area (Å²) in [7, 11) is 0. The Labute approximate surface area is 350 Å². The Hall–Kier alpha value is -7.73. The van der Waals surface area contributed by atoms with Gasteiger partial charge in [0, 0.05) is 59.6 Å². The maximum atomic E-state index is 5.34. The first-order chi connectivity index (χ1) is 29.7. The van der Waals surface area contributed by atoms with Crippen molar-refractivity contribution in [3.63, 3.8) is 0 Å². The summed E-state index contributed by atoms with van der Waals surface area (Å²) in [5.74, 6) is 0.680. The normalized spacial score (nSPS) is 11.7. The number of benzene rings is 8. The van der Waals surface area contributed by atoms with Crippen molar-refractivity contribution in [3.05, 3.63) is 206 Å². The molecule has 8 aromatic carbocycles. The third-order valence-electron chi connectivity index (χ3n) is 11.6. The van der Waals surface area contributed by atoms with Crippen molar-refractivity contribution in [1.82, 2.24) is 19.5 Å². The molecule has 0 N–H and O–H groups in total. The van der Waals surface area contributed by atoms with Gasteiger partial charge in [-0.3, -0.25) is 0 Å². The highest BCUT2D eigenvalue weighted by atomic mass is 32.1. The molecule has 0 saturated heterocycles. The van der Waals surface area contributed by atoms with E-state index in [1.165, 1.54) is 47.4 Å². The monoisotopic (exact) mass is 782 g/mol. The van der Waals surface area contributed by atoms with E-state index in [4.69, 9.17) is 15.0 Å². The molecular weight excluding hydrogens is 749 g/mol. The predicted octanol–water partition coefficient (Wildman–Crippen LogP) is 14.8. The van der Waals surface area contributed by atoms with E-state index in [9.17, 15) is 0 Å². The van der Waals surface area contributed by atoms with Crippen molar-refractivity contribution < 1.29 is 0 Å². The van der Waals surface area contributed by atoms with E-state index >= 15 is 0 Å². The number of pyridine rings is 1. The number of nitrogens with zero attached hydrogens (tertiary/aromatic N) is 4. The largest absolute Gasteiger partial charge is 0.309 e. The first-order valence-electron chi connectivity index (χ1n) is 20.2. The summed E-state index contributed by atoms with van der Waals surface area (Å²) >= 11 is 1.82. The molecule has 0 amide bonds.